The molecule has 7 heteroatoms. The molecular weight excluding hydrogens is 412 g/mol. The number of carbonyl (C=O) groups excluding carboxylic acids is 3. The molecule has 1 aromatic carbocycles. The van der Waals surface area contributed by atoms with Crippen LogP contribution < -0.4 is 5.32 Å². The number of amides is 2. The van der Waals surface area contributed by atoms with Gasteiger partial charge in [0.25, 0.3) is 5.91 Å². The Morgan fingerprint density at radius 2 is 1.74 bits per heavy atom. The smallest absolute Gasteiger partial charge is 0.341 e. The fourth-order valence-electron chi connectivity index (χ4n) is 2.88. The maximum atomic E-state index is 12.5. The van der Waals surface area contributed by atoms with Crippen LogP contribution in [-0.2, 0) is 14.9 Å². The van der Waals surface area contributed by atoms with E-state index in [2.05, 4.69) is 26.1 Å². The molecule has 0 unspecified atom stereocenters. The highest BCUT2D eigenvalue weighted by atomic mass is 32.1. The lowest BCUT2D eigenvalue weighted by Crippen LogP contribution is -2.21. The van der Waals surface area contributed by atoms with E-state index in [0.29, 0.717) is 15.4 Å². The van der Waals surface area contributed by atoms with Gasteiger partial charge in [-0.2, -0.15) is 0 Å². The number of hydrogen-bond acceptors (Lipinski definition) is 5. The van der Waals surface area contributed by atoms with Crippen molar-refractivity contribution in [3.05, 3.63) is 57.5 Å². The molecule has 0 saturated carbocycles. The SMILES string of the molecule is CCOC(=O)c1c(NC(=O)/C=C/c2ccc(C(C)(C)C)cc2)sc(C(=O)N(C)C)c1C. The second-order valence-electron chi connectivity index (χ2n) is 8.37. The average molecular weight is 443 g/mol. The molecule has 0 atom stereocenters. The van der Waals surface area contributed by atoms with E-state index in [0.717, 1.165) is 16.9 Å². The number of anilines is 1. The van der Waals surface area contributed by atoms with Crippen LogP contribution in [0.2, 0.25) is 0 Å². The van der Waals surface area contributed by atoms with Gasteiger partial charge in [0, 0.05) is 20.2 Å². The summed E-state index contributed by atoms with van der Waals surface area (Å²) in [7, 11) is 3.27. The van der Waals surface area contributed by atoms with Crippen LogP contribution >= 0.6 is 11.3 Å². The molecule has 6 nitrogen and oxygen atoms in total. The Morgan fingerprint density at radius 1 is 1.13 bits per heavy atom. The van der Waals surface area contributed by atoms with Crippen molar-refractivity contribution < 1.29 is 19.1 Å². The molecule has 1 N–H and O–H groups in total. The highest BCUT2D eigenvalue weighted by Crippen LogP contribution is 2.34. The Bertz CT molecular complexity index is 996. The van der Waals surface area contributed by atoms with Crippen LogP contribution in [0.4, 0.5) is 5.00 Å². The number of thiophene rings is 1. The number of ether oxygens (including phenoxy) is 1. The summed E-state index contributed by atoms with van der Waals surface area (Å²) in [4.78, 5) is 39.3. The normalized spacial score (nSPS) is 11.5. The monoisotopic (exact) mass is 442 g/mol. The first kappa shape index (κ1) is 24.3. The van der Waals surface area contributed by atoms with E-state index in [9.17, 15) is 14.4 Å². The Balaban J connectivity index is 2.26. The van der Waals surface area contributed by atoms with Crippen LogP contribution in [0.5, 0.6) is 0 Å². The molecule has 0 saturated heterocycles. The Hall–Kier alpha value is -2.93. The number of nitrogens with one attached hydrogen (secondary N) is 1. The topological polar surface area (TPSA) is 75.7 Å². The minimum Gasteiger partial charge on any atom is -0.462 e. The summed E-state index contributed by atoms with van der Waals surface area (Å²) in [6, 6.07) is 7.99. The summed E-state index contributed by atoms with van der Waals surface area (Å²) in [6.45, 7) is 10.0. The van der Waals surface area contributed by atoms with Gasteiger partial charge in [0.15, 0.2) is 0 Å². The van der Waals surface area contributed by atoms with Crippen molar-refractivity contribution in [1.82, 2.24) is 4.90 Å². The van der Waals surface area contributed by atoms with E-state index < -0.39 is 11.9 Å². The number of rotatable bonds is 6. The fraction of sp³-hybridized carbons (Fsp3) is 0.375. The molecule has 1 heterocycles. The maximum absolute atomic E-state index is 12.5. The molecule has 0 aliphatic heterocycles. The number of nitrogens with zero attached hydrogens (tertiary/aromatic N) is 1. The summed E-state index contributed by atoms with van der Waals surface area (Å²) in [5, 5.41) is 3.04. The first-order valence-corrected chi connectivity index (χ1v) is 10.9. The standard InChI is InChI=1S/C24H30N2O4S/c1-8-30-23(29)19-15(2)20(22(28)26(6)7)31-21(19)25-18(27)14-11-16-9-12-17(13-10-16)24(3,4)5/h9-14H,8H2,1-7H3,(H,25,27)/b14-11+. The zero-order valence-electron chi connectivity index (χ0n) is 19.2. The Labute approximate surface area is 187 Å². The van der Waals surface area contributed by atoms with Gasteiger partial charge in [0.05, 0.1) is 17.0 Å². The predicted octanol–water partition coefficient (Wildman–Crippen LogP) is 4.88. The largest absolute Gasteiger partial charge is 0.462 e. The predicted molar refractivity (Wildman–Crippen MR) is 126 cm³/mol. The Kier molecular flexibility index (Phi) is 7.79. The van der Waals surface area contributed by atoms with Crippen LogP contribution in [0.25, 0.3) is 6.08 Å². The minimum absolute atomic E-state index is 0.0574. The lowest BCUT2D eigenvalue weighted by molar-refractivity contribution is -0.111. The van der Waals surface area contributed by atoms with Gasteiger partial charge in [-0.05, 0) is 42.0 Å². The third-order valence-electron chi connectivity index (χ3n) is 4.67. The van der Waals surface area contributed by atoms with E-state index >= 15 is 0 Å². The van der Waals surface area contributed by atoms with Gasteiger partial charge in [-0.3, -0.25) is 9.59 Å². The highest BCUT2D eigenvalue weighted by Gasteiger charge is 2.27. The van der Waals surface area contributed by atoms with E-state index in [-0.39, 0.29) is 23.5 Å². The highest BCUT2D eigenvalue weighted by molar-refractivity contribution is 7.18. The molecule has 0 aliphatic rings. The van der Waals surface area contributed by atoms with E-state index in [1.807, 2.05) is 24.3 Å². The second kappa shape index (κ2) is 9.92. The van der Waals surface area contributed by atoms with E-state index in [1.54, 1.807) is 34.0 Å². The van der Waals surface area contributed by atoms with Gasteiger partial charge < -0.3 is 15.0 Å². The summed E-state index contributed by atoms with van der Waals surface area (Å²) in [5.74, 6) is -1.19. The molecule has 0 bridgehead atoms. The summed E-state index contributed by atoms with van der Waals surface area (Å²) < 4.78 is 5.13. The zero-order chi connectivity index (χ0) is 23.3. The number of benzene rings is 1. The van der Waals surface area contributed by atoms with Gasteiger partial charge in [-0.1, -0.05) is 45.0 Å². The summed E-state index contributed by atoms with van der Waals surface area (Å²) >= 11 is 1.07. The lowest BCUT2D eigenvalue weighted by Gasteiger charge is -2.18. The molecule has 0 fully saturated rings. The van der Waals surface area contributed by atoms with Gasteiger partial charge in [0.1, 0.15) is 5.00 Å². The molecule has 1 aromatic heterocycles. The maximum Gasteiger partial charge on any atom is 0.341 e. The average Bonchev–Trinajstić information content (AvgIpc) is 3.01. The molecular formula is C24H30N2O4S. The third kappa shape index (κ3) is 6.04. The van der Waals surface area contributed by atoms with Crippen molar-refractivity contribution in [1.29, 1.82) is 0 Å². The lowest BCUT2D eigenvalue weighted by atomic mass is 9.87. The first-order valence-electron chi connectivity index (χ1n) is 10.1. The van der Waals surface area contributed by atoms with Crippen LogP contribution in [-0.4, -0.2) is 43.4 Å². The number of esters is 1. The van der Waals surface area contributed by atoms with Crippen molar-refractivity contribution in [3.63, 3.8) is 0 Å². The molecule has 2 amide bonds. The van der Waals surface area contributed by atoms with Crippen molar-refractivity contribution in [2.75, 3.05) is 26.0 Å². The quantitative estimate of drug-likeness (QED) is 0.511. The molecule has 0 spiro atoms. The van der Waals surface area contributed by atoms with Crippen LogP contribution in [0.15, 0.2) is 30.3 Å². The van der Waals surface area contributed by atoms with E-state index in [1.165, 1.54) is 16.5 Å². The van der Waals surface area contributed by atoms with Crippen molar-refractivity contribution in [2.24, 2.45) is 0 Å². The zero-order valence-corrected chi connectivity index (χ0v) is 20.0. The molecule has 0 aliphatic carbocycles. The minimum atomic E-state index is -0.564. The second-order valence-corrected chi connectivity index (χ2v) is 9.40. The van der Waals surface area contributed by atoms with Gasteiger partial charge in [0.2, 0.25) is 5.91 Å². The molecule has 31 heavy (non-hydrogen) atoms. The van der Waals surface area contributed by atoms with Gasteiger partial charge in [-0.25, -0.2) is 4.79 Å². The molecule has 2 aromatic rings. The van der Waals surface area contributed by atoms with Gasteiger partial charge in [-0.15, -0.1) is 11.3 Å². The van der Waals surface area contributed by atoms with Crippen molar-refractivity contribution in [3.8, 4) is 0 Å². The van der Waals surface area contributed by atoms with E-state index in [4.69, 9.17) is 4.74 Å². The van der Waals surface area contributed by atoms with Crippen LogP contribution in [0.3, 0.4) is 0 Å². The number of carbonyl (C=O) groups is 3. The fourth-order valence-corrected chi connectivity index (χ4v) is 4.10. The Morgan fingerprint density at radius 3 is 2.26 bits per heavy atom. The van der Waals surface area contributed by atoms with Gasteiger partial charge >= 0.3 is 5.97 Å². The summed E-state index contributed by atoms with van der Waals surface area (Å²) in [6.07, 6.45) is 3.11. The number of hydrogen-bond donors (Lipinski definition) is 1. The van der Waals surface area contributed by atoms with Crippen LogP contribution in [0.1, 0.15) is 64.4 Å². The molecule has 2 rings (SSSR count). The van der Waals surface area contributed by atoms with Crippen molar-refractivity contribution >= 4 is 40.2 Å². The third-order valence-corrected chi connectivity index (χ3v) is 5.86. The van der Waals surface area contributed by atoms with Crippen molar-refractivity contribution in [2.45, 2.75) is 40.0 Å². The molecule has 0 radical (unpaired) electrons. The van der Waals surface area contributed by atoms with Crippen LogP contribution in [0, 0.1) is 6.92 Å². The first-order chi connectivity index (χ1) is 14.5. The molecule has 166 valence electrons. The summed E-state index contributed by atoms with van der Waals surface area (Å²) in [5.41, 5.74) is 2.87.